The van der Waals surface area contributed by atoms with Crippen LogP contribution in [0.4, 0.5) is 0 Å². The molecule has 144 valence electrons. The Bertz CT molecular complexity index is 1180. The second-order valence-corrected chi connectivity index (χ2v) is 7.15. The molecular formula is C22H21NO4S. The third kappa shape index (κ3) is 2.94. The molecule has 0 saturated heterocycles. The molecule has 0 aliphatic rings. The Morgan fingerprint density at radius 2 is 1.68 bits per heavy atom. The van der Waals surface area contributed by atoms with Gasteiger partial charge in [-0.25, -0.2) is 9.78 Å². The van der Waals surface area contributed by atoms with E-state index in [2.05, 4.69) is 18.2 Å². The molecular weight excluding hydrogens is 374 g/mol. The lowest BCUT2D eigenvalue weighted by Crippen LogP contribution is -2.05. The van der Waals surface area contributed by atoms with Crippen LogP contribution in [-0.4, -0.2) is 30.8 Å². The van der Waals surface area contributed by atoms with Crippen LogP contribution in [0.1, 0.15) is 30.4 Å². The first-order valence-electron chi connectivity index (χ1n) is 9.40. The molecule has 0 bridgehead atoms. The molecule has 0 aliphatic carbocycles. The molecule has 2 aromatic carbocycles. The van der Waals surface area contributed by atoms with Gasteiger partial charge in [0.2, 0.25) is 0 Å². The summed E-state index contributed by atoms with van der Waals surface area (Å²) in [5, 5.41) is 3.80. The van der Waals surface area contributed by atoms with E-state index in [1.165, 1.54) is 11.3 Å². The van der Waals surface area contributed by atoms with E-state index in [-0.39, 0.29) is 0 Å². The Kier molecular flexibility index (Phi) is 5.05. The Balaban J connectivity index is 2.13. The van der Waals surface area contributed by atoms with Gasteiger partial charge in [-0.3, -0.25) is 0 Å². The average Bonchev–Trinajstić information content (AvgIpc) is 3.07. The quantitative estimate of drug-likeness (QED) is 0.315. The van der Waals surface area contributed by atoms with Crippen molar-refractivity contribution in [1.82, 2.24) is 4.98 Å². The fourth-order valence-electron chi connectivity index (χ4n) is 3.39. The van der Waals surface area contributed by atoms with Crippen LogP contribution in [0, 0.1) is 0 Å². The van der Waals surface area contributed by atoms with Crippen LogP contribution >= 0.6 is 11.3 Å². The highest BCUT2D eigenvalue weighted by atomic mass is 32.1. The van der Waals surface area contributed by atoms with Crippen LogP contribution in [0.3, 0.4) is 0 Å². The molecule has 2 aromatic heterocycles. The van der Waals surface area contributed by atoms with Crippen LogP contribution in [0.15, 0.2) is 36.4 Å². The number of hydrogen-bond acceptors (Lipinski definition) is 6. The first-order valence-corrected chi connectivity index (χ1v) is 10.2. The molecule has 4 aromatic rings. The predicted molar refractivity (Wildman–Crippen MR) is 113 cm³/mol. The molecule has 0 spiro atoms. The van der Waals surface area contributed by atoms with E-state index in [9.17, 15) is 4.79 Å². The third-order valence-corrected chi connectivity index (χ3v) is 5.51. The van der Waals surface area contributed by atoms with Gasteiger partial charge in [0, 0.05) is 10.8 Å². The molecule has 0 N–H and O–H groups in total. The molecule has 0 saturated carbocycles. The van der Waals surface area contributed by atoms with Gasteiger partial charge >= 0.3 is 5.97 Å². The van der Waals surface area contributed by atoms with Crippen LogP contribution < -0.4 is 9.47 Å². The van der Waals surface area contributed by atoms with E-state index in [0.29, 0.717) is 41.0 Å². The minimum absolute atomic E-state index is 0.303. The van der Waals surface area contributed by atoms with Crippen molar-refractivity contribution in [2.45, 2.75) is 20.8 Å². The topological polar surface area (TPSA) is 57.7 Å². The van der Waals surface area contributed by atoms with Crippen molar-refractivity contribution >= 4 is 49.2 Å². The number of ether oxygens (including phenoxy) is 3. The maximum atomic E-state index is 12.5. The van der Waals surface area contributed by atoms with Gasteiger partial charge in [0.25, 0.3) is 0 Å². The highest BCUT2D eigenvalue weighted by Crippen LogP contribution is 2.46. The number of nitrogens with zero attached hydrogens (tertiary/aromatic N) is 1. The fourth-order valence-corrected chi connectivity index (χ4v) is 4.40. The van der Waals surface area contributed by atoms with E-state index in [4.69, 9.17) is 19.2 Å². The van der Waals surface area contributed by atoms with Crippen LogP contribution in [-0.2, 0) is 4.74 Å². The number of pyridine rings is 1. The zero-order chi connectivity index (χ0) is 19.7. The Morgan fingerprint density at radius 3 is 2.43 bits per heavy atom. The summed E-state index contributed by atoms with van der Waals surface area (Å²) in [5.41, 5.74) is 0.855. The molecule has 2 heterocycles. The second kappa shape index (κ2) is 7.64. The monoisotopic (exact) mass is 395 g/mol. The number of aromatic nitrogens is 1. The first kappa shape index (κ1) is 18.5. The number of carbonyl (C=O) groups excluding carboxylic acids is 1. The van der Waals surface area contributed by atoms with E-state index in [0.717, 1.165) is 27.1 Å². The molecule has 5 nitrogen and oxygen atoms in total. The van der Waals surface area contributed by atoms with Crippen molar-refractivity contribution in [2.24, 2.45) is 0 Å². The van der Waals surface area contributed by atoms with Gasteiger partial charge in [0.05, 0.1) is 30.7 Å². The van der Waals surface area contributed by atoms with Crippen molar-refractivity contribution in [2.75, 3.05) is 19.8 Å². The fraction of sp³-hybridized carbons (Fsp3) is 0.273. The third-order valence-electron chi connectivity index (χ3n) is 4.47. The van der Waals surface area contributed by atoms with Gasteiger partial charge in [-0.05, 0) is 32.2 Å². The van der Waals surface area contributed by atoms with Gasteiger partial charge in [-0.1, -0.05) is 30.3 Å². The van der Waals surface area contributed by atoms with Gasteiger partial charge in [0.15, 0.2) is 10.6 Å². The number of thiophene rings is 1. The van der Waals surface area contributed by atoms with Crippen molar-refractivity contribution in [1.29, 1.82) is 0 Å². The Hall–Kier alpha value is -2.86. The maximum absolute atomic E-state index is 12.5. The summed E-state index contributed by atoms with van der Waals surface area (Å²) in [6, 6.07) is 12.2. The van der Waals surface area contributed by atoms with E-state index in [1.807, 2.05) is 32.0 Å². The number of rotatable bonds is 6. The highest BCUT2D eigenvalue weighted by Gasteiger charge is 2.26. The molecule has 4 rings (SSSR count). The Labute approximate surface area is 166 Å². The normalized spacial score (nSPS) is 11.2. The lowest BCUT2D eigenvalue weighted by atomic mass is 10.0. The Morgan fingerprint density at radius 1 is 0.929 bits per heavy atom. The molecule has 0 amide bonds. The molecule has 6 heteroatoms. The smallest absolute Gasteiger partial charge is 0.352 e. The van der Waals surface area contributed by atoms with E-state index >= 15 is 0 Å². The lowest BCUT2D eigenvalue weighted by molar-refractivity contribution is 0.0528. The summed E-state index contributed by atoms with van der Waals surface area (Å²) >= 11 is 1.28. The van der Waals surface area contributed by atoms with Gasteiger partial charge in [-0.15, -0.1) is 11.3 Å². The second-order valence-electron chi connectivity index (χ2n) is 6.15. The summed E-state index contributed by atoms with van der Waals surface area (Å²) in [4.78, 5) is 18.6. The summed E-state index contributed by atoms with van der Waals surface area (Å²) in [6.07, 6.45) is 0. The SMILES string of the molecule is CCOC(=O)c1sc2nc3c(ccc4ccccc43)c(OCC)c2c1OCC. The number of hydrogen-bond donors (Lipinski definition) is 0. The maximum Gasteiger partial charge on any atom is 0.352 e. The summed E-state index contributed by atoms with van der Waals surface area (Å²) in [7, 11) is 0. The zero-order valence-corrected chi connectivity index (χ0v) is 16.9. The summed E-state index contributed by atoms with van der Waals surface area (Å²) in [6.45, 7) is 6.85. The van der Waals surface area contributed by atoms with Crippen LogP contribution in [0.25, 0.3) is 31.9 Å². The van der Waals surface area contributed by atoms with Crippen LogP contribution in [0.5, 0.6) is 11.5 Å². The standard InChI is InChI=1S/C22H21NO4S/c1-4-25-18-15-12-11-13-9-7-8-10-14(13)17(15)23-21-16(18)19(26-5-2)20(28-21)22(24)27-6-3/h7-12H,4-6H2,1-3H3. The lowest BCUT2D eigenvalue weighted by Gasteiger charge is -2.12. The summed E-state index contributed by atoms with van der Waals surface area (Å²) < 4.78 is 17.2. The van der Waals surface area contributed by atoms with Crippen LogP contribution in [0.2, 0.25) is 0 Å². The van der Waals surface area contributed by atoms with Gasteiger partial charge in [0.1, 0.15) is 10.6 Å². The minimum atomic E-state index is -0.398. The molecule has 0 unspecified atom stereocenters. The average molecular weight is 395 g/mol. The largest absolute Gasteiger partial charge is 0.492 e. The van der Waals surface area contributed by atoms with Crippen molar-refractivity contribution in [3.63, 3.8) is 0 Å². The molecule has 0 aliphatic heterocycles. The molecule has 0 atom stereocenters. The van der Waals surface area contributed by atoms with Gasteiger partial charge < -0.3 is 14.2 Å². The molecule has 0 fully saturated rings. The molecule has 0 radical (unpaired) electrons. The summed E-state index contributed by atoms with van der Waals surface area (Å²) in [5.74, 6) is 0.792. The number of esters is 1. The molecule has 28 heavy (non-hydrogen) atoms. The van der Waals surface area contributed by atoms with Crippen molar-refractivity contribution in [3.05, 3.63) is 41.3 Å². The predicted octanol–water partition coefficient (Wildman–Crippen LogP) is 5.58. The first-order chi connectivity index (χ1) is 13.7. The number of benzene rings is 2. The van der Waals surface area contributed by atoms with Crippen molar-refractivity contribution in [3.8, 4) is 11.5 Å². The van der Waals surface area contributed by atoms with Gasteiger partial charge in [-0.2, -0.15) is 0 Å². The zero-order valence-electron chi connectivity index (χ0n) is 16.1. The number of fused-ring (bicyclic) bond motifs is 4. The highest BCUT2D eigenvalue weighted by molar-refractivity contribution is 7.21. The minimum Gasteiger partial charge on any atom is -0.492 e. The van der Waals surface area contributed by atoms with E-state index in [1.54, 1.807) is 6.92 Å². The van der Waals surface area contributed by atoms with Crippen molar-refractivity contribution < 1.29 is 19.0 Å². The number of carbonyl (C=O) groups is 1. The van der Waals surface area contributed by atoms with E-state index < -0.39 is 5.97 Å².